The van der Waals surface area contributed by atoms with E-state index in [0.717, 1.165) is 13.1 Å². The van der Waals surface area contributed by atoms with E-state index >= 15 is 0 Å². The minimum Gasteiger partial charge on any atom is -0.361 e. The third-order valence-electron chi connectivity index (χ3n) is 4.70. The van der Waals surface area contributed by atoms with Crippen molar-refractivity contribution in [1.82, 2.24) is 15.8 Å². The van der Waals surface area contributed by atoms with Crippen LogP contribution in [0.2, 0.25) is 0 Å². The maximum absolute atomic E-state index is 12.4. The van der Waals surface area contributed by atoms with Crippen LogP contribution >= 0.6 is 0 Å². The maximum atomic E-state index is 12.4. The molecule has 5 heteroatoms. The first-order chi connectivity index (χ1) is 10.3. The summed E-state index contributed by atoms with van der Waals surface area (Å²) in [5, 5.41) is 10.3. The molecule has 2 heterocycles. The Morgan fingerprint density at radius 1 is 1.33 bits per heavy atom. The van der Waals surface area contributed by atoms with E-state index in [1.54, 1.807) is 6.92 Å². The molecule has 0 spiro atoms. The van der Waals surface area contributed by atoms with Crippen molar-refractivity contribution >= 4 is 5.91 Å². The van der Waals surface area contributed by atoms with E-state index < -0.39 is 0 Å². The summed E-state index contributed by atoms with van der Waals surface area (Å²) in [6.07, 6.45) is 1.48. The second-order valence-electron chi connectivity index (χ2n) is 5.80. The second-order valence-corrected chi connectivity index (χ2v) is 5.80. The molecule has 108 valence electrons. The van der Waals surface area contributed by atoms with Crippen molar-refractivity contribution in [3.8, 4) is 0 Å². The van der Waals surface area contributed by atoms with E-state index in [1.807, 2.05) is 6.07 Å². The van der Waals surface area contributed by atoms with E-state index in [1.165, 1.54) is 17.3 Å². The Kier molecular flexibility index (Phi) is 2.82. The molecular formula is C16H17N3O2. The lowest BCUT2D eigenvalue weighted by molar-refractivity contribution is 0.0924. The van der Waals surface area contributed by atoms with Gasteiger partial charge in [-0.2, -0.15) is 0 Å². The summed E-state index contributed by atoms with van der Waals surface area (Å²) >= 11 is 0. The summed E-state index contributed by atoms with van der Waals surface area (Å²) in [6, 6.07) is 8.47. The van der Waals surface area contributed by atoms with Gasteiger partial charge in [0.05, 0.1) is 12.2 Å². The third-order valence-corrected chi connectivity index (χ3v) is 4.70. The van der Waals surface area contributed by atoms with Crippen LogP contribution < -0.4 is 10.6 Å². The van der Waals surface area contributed by atoms with Gasteiger partial charge in [-0.15, -0.1) is 0 Å². The van der Waals surface area contributed by atoms with Crippen molar-refractivity contribution in [2.45, 2.75) is 18.9 Å². The van der Waals surface area contributed by atoms with E-state index in [9.17, 15) is 4.79 Å². The van der Waals surface area contributed by atoms with Gasteiger partial charge in [0.25, 0.3) is 5.91 Å². The summed E-state index contributed by atoms with van der Waals surface area (Å²) in [5.74, 6) is 1.36. The van der Waals surface area contributed by atoms with Crippen LogP contribution in [0.3, 0.4) is 0 Å². The van der Waals surface area contributed by atoms with Gasteiger partial charge in [0, 0.05) is 24.9 Å². The third kappa shape index (κ3) is 1.88. The molecule has 2 aromatic rings. The lowest BCUT2D eigenvalue weighted by atomic mass is 9.94. The smallest absolute Gasteiger partial charge is 0.257 e. The number of carbonyl (C=O) groups excluding carboxylic acids is 1. The fourth-order valence-electron chi connectivity index (χ4n) is 3.67. The number of nitrogens with zero attached hydrogens (tertiary/aromatic N) is 1. The highest BCUT2D eigenvalue weighted by Gasteiger charge is 2.43. The lowest BCUT2D eigenvalue weighted by Crippen LogP contribution is -2.33. The quantitative estimate of drug-likeness (QED) is 0.881. The monoisotopic (exact) mass is 283 g/mol. The molecule has 0 radical (unpaired) electrons. The number of hydrogen-bond donors (Lipinski definition) is 2. The topological polar surface area (TPSA) is 67.2 Å². The molecule has 2 aliphatic rings. The fourth-order valence-corrected chi connectivity index (χ4v) is 3.67. The number of hydrogen-bond acceptors (Lipinski definition) is 4. The zero-order valence-electron chi connectivity index (χ0n) is 11.8. The number of fused-ring (bicyclic) bond motifs is 3. The van der Waals surface area contributed by atoms with Crippen molar-refractivity contribution in [3.63, 3.8) is 0 Å². The number of rotatable bonds is 2. The van der Waals surface area contributed by atoms with Gasteiger partial charge in [0.1, 0.15) is 11.3 Å². The number of carbonyl (C=O) groups is 1. The first-order valence-corrected chi connectivity index (χ1v) is 7.27. The zero-order valence-corrected chi connectivity index (χ0v) is 11.8. The molecule has 3 atom stereocenters. The van der Waals surface area contributed by atoms with Crippen LogP contribution in [-0.2, 0) is 0 Å². The van der Waals surface area contributed by atoms with Gasteiger partial charge in [0.15, 0.2) is 0 Å². The molecular weight excluding hydrogens is 266 g/mol. The van der Waals surface area contributed by atoms with Crippen molar-refractivity contribution in [2.24, 2.45) is 5.92 Å². The molecule has 1 fully saturated rings. The summed E-state index contributed by atoms with van der Waals surface area (Å²) in [7, 11) is 0. The molecule has 1 aromatic carbocycles. The van der Waals surface area contributed by atoms with Crippen LogP contribution in [0.25, 0.3) is 0 Å². The Balaban J connectivity index is 1.66. The predicted octanol–water partition coefficient (Wildman–Crippen LogP) is 1.77. The van der Waals surface area contributed by atoms with E-state index in [0.29, 0.717) is 23.2 Å². The van der Waals surface area contributed by atoms with Crippen LogP contribution in [0, 0.1) is 12.8 Å². The Hall–Kier alpha value is -2.14. The Labute approximate surface area is 122 Å². The molecule has 1 amide bonds. The molecule has 2 N–H and O–H groups in total. The number of benzene rings is 1. The molecule has 21 heavy (non-hydrogen) atoms. The number of nitrogens with one attached hydrogen (secondary N) is 2. The Bertz CT molecular complexity index is 694. The van der Waals surface area contributed by atoms with Crippen molar-refractivity contribution in [3.05, 3.63) is 52.9 Å². The summed E-state index contributed by atoms with van der Waals surface area (Å²) < 4.78 is 4.98. The van der Waals surface area contributed by atoms with Crippen molar-refractivity contribution < 1.29 is 9.32 Å². The van der Waals surface area contributed by atoms with Gasteiger partial charge in [0.2, 0.25) is 0 Å². The first kappa shape index (κ1) is 12.6. The summed E-state index contributed by atoms with van der Waals surface area (Å²) in [4.78, 5) is 12.4. The predicted molar refractivity (Wildman–Crippen MR) is 77.0 cm³/mol. The highest BCUT2D eigenvalue weighted by Crippen LogP contribution is 2.46. The second kappa shape index (κ2) is 4.70. The molecule has 1 aliphatic heterocycles. The highest BCUT2D eigenvalue weighted by atomic mass is 16.5. The fraction of sp³-hybridized carbons (Fsp3) is 0.375. The average molecular weight is 283 g/mol. The molecule has 0 unspecified atom stereocenters. The van der Waals surface area contributed by atoms with Gasteiger partial charge >= 0.3 is 0 Å². The normalized spacial score (nSPS) is 26.4. The van der Waals surface area contributed by atoms with Crippen LogP contribution in [0.1, 0.15) is 39.2 Å². The first-order valence-electron chi connectivity index (χ1n) is 7.27. The SMILES string of the molecule is Cc1oncc1C(=O)N[C@@H]1c2ccccc2[C@@H]2CNC[C@H]12. The van der Waals surface area contributed by atoms with Gasteiger partial charge in [-0.3, -0.25) is 4.79 Å². The highest BCUT2D eigenvalue weighted by molar-refractivity contribution is 5.95. The molecule has 1 saturated heterocycles. The Morgan fingerprint density at radius 2 is 2.14 bits per heavy atom. The maximum Gasteiger partial charge on any atom is 0.257 e. The van der Waals surface area contributed by atoms with E-state index in [4.69, 9.17) is 4.52 Å². The standard InChI is InChI=1S/C16H17N3O2/c1-9-12(8-18-21-9)16(20)19-15-11-5-3-2-4-10(11)13-6-17-7-14(13)15/h2-5,8,13-15,17H,6-7H2,1H3,(H,19,20)/t13-,14-,15+/m0/s1. The largest absolute Gasteiger partial charge is 0.361 e. The zero-order chi connectivity index (χ0) is 14.4. The average Bonchev–Trinajstić information content (AvgIpc) is 3.17. The minimum absolute atomic E-state index is 0.0583. The number of aryl methyl sites for hydroxylation is 1. The van der Waals surface area contributed by atoms with Crippen molar-refractivity contribution in [1.29, 1.82) is 0 Å². The molecule has 0 saturated carbocycles. The number of aromatic nitrogens is 1. The summed E-state index contributed by atoms with van der Waals surface area (Å²) in [6.45, 7) is 3.68. The lowest BCUT2D eigenvalue weighted by Gasteiger charge is -2.20. The van der Waals surface area contributed by atoms with E-state index in [2.05, 4.69) is 34.0 Å². The van der Waals surface area contributed by atoms with Crippen LogP contribution in [-0.4, -0.2) is 24.2 Å². The molecule has 1 aromatic heterocycles. The van der Waals surface area contributed by atoms with Crippen molar-refractivity contribution in [2.75, 3.05) is 13.1 Å². The molecule has 1 aliphatic carbocycles. The summed E-state index contributed by atoms with van der Waals surface area (Å²) in [5.41, 5.74) is 3.12. The van der Waals surface area contributed by atoms with Crippen LogP contribution in [0.15, 0.2) is 35.0 Å². The van der Waals surface area contributed by atoms with Gasteiger partial charge < -0.3 is 15.2 Å². The van der Waals surface area contributed by atoms with Crippen LogP contribution in [0.5, 0.6) is 0 Å². The van der Waals surface area contributed by atoms with E-state index in [-0.39, 0.29) is 11.9 Å². The molecule has 0 bridgehead atoms. The Morgan fingerprint density at radius 3 is 2.90 bits per heavy atom. The van der Waals surface area contributed by atoms with Crippen LogP contribution in [0.4, 0.5) is 0 Å². The molecule has 5 nitrogen and oxygen atoms in total. The number of amides is 1. The van der Waals surface area contributed by atoms with Gasteiger partial charge in [-0.1, -0.05) is 29.4 Å². The van der Waals surface area contributed by atoms with Gasteiger partial charge in [-0.25, -0.2) is 0 Å². The molecule has 4 rings (SSSR count). The van der Waals surface area contributed by atoms with Gasteiger partial charge in [-0.05, 0) is 18.1 Å². The minimum atomic E-state index is -0.110.